The zero-order chi connectivity index (χ0) is 13.9. The van der Waals surface area contributed by atoms with E-state index in [4.69, 9.17) is 5.73 Å². The maximum Gasteiger partial charge on any atom is 0.222 e. The normalized spacial score (nSPS) is 10.4. The monoisotopic (exact) mass is 263 g/mol. The van der Waals surface area contributed by atoms with E-state index in [0.717, 1.165) is 38.8 Å². The van der Waals surface area contributed by atoms with E-state index in [9.17, 15) is 4.79 Å². The Hall–Kier alpha value is -1.42. The summed E-state index contributed by atoms with van der Waals surface area (Å²) in [6, 6.07) is 4.00. The van der Waals surface area contributed by atoms with Crippen LogP contribution in [0.5, 0.6) is 0 Å². The molecule has 1 aromatic rings. The van der Waals surface area contributed by atoms with Crippen molar-refractivity contribution in [2.45, 2.75) is 39.0 Å². The van der Waals surface area contributed by atoms with Gasteiger partial charge < -0.3 is 10.6 Å². The van der Waals surface area contributed by atoms with E-state index in [1.54, 1.807) is 12.4 Å². The van der Waals surface area contributed by atoms with Gasteiger partial charge in [-0.05, 0) is 50.4 Å². The van der Waals surface area contributed by atoms with Gasteiger partial charge in [0.2, 0.25) is 5.91 Å². The fraction of sp³-hybridized carbons (Fsp3) is 0.600. The average molecular weight is 263 g/mol. The molecule has 2 N–H and O–H groups in total. The van der Waals surface area contributed by atoms with Crippen LogP contribution in [0.3, 0.4) is 0 Å². The van der Waals surface area contributed by atoms with E-state index < -0.39 is 0 Å². The summed E-state index contributed by atoms with van der Waals surface area (Å²) in [5, 5.41) is 0. The first-order valence-electron chi connectivity index (χ1n) is 7.14. The van der Waals surface area contributed by atoms with Gasteiger partial charge in [-0.25, -0.2) is 0 Å². The molecule has 4 nitrogen and oxygen atoms in total. The minimum absolute atomic E-state index is 0.258. The summed E-state index contributed by atoms with van der Waals surface area (Å²) in [5.74, 6) is 0.258. The second-order valence-electron chi connectivity index (χ2n) is 4.68. The lowest BCUT2D eigenvalue weighted by molar-refractivity contribution is -0.131. The molecule has 0 aliphatic carbocycles. The van der Waals surface area contributed by atoms with Crippen LogP contribution in [0, 0.1) is 0 Å². The maximum absolute atomic E-state index is 12.0. The highest BCUT2D eigenvalue weighted by molar-refractivity contribution is 5.76. The number of carbonyl (C=O) groups is 1. The SMILES string of the molecule is CCN(CCc1ccncc1)C(=O)CCCCCN. The van der Waals surface area contributed by atoms with Gasteiger partial charge in [-0.15, -0.1) is 0 Å². The fourth-order valence-corrected chi connectivity index (χ4v) is 2.03. The molecule has 0 fully saturated rings. The van der Waals surface area contributed by atoms with Gasteiger partial charge in [0.25, 0.3) is 0 Å². The van der Waals surface area contributed by atoms with Crippen LogP contribution < -0.4 is 5.73 Å². The van der Waals surface area contributed by atoms with E-state index in [2.05, 4.69) is 4.98 Å². The number of amides is 1. The van der Waals surface area contributed by atoms with Crippen LogP contribution in [-0.2, 0) is 11.2 Å². The first kappa shape index (κ1) is 15.6. The third kappa shape index (κ3) is 6.34. The molecule has 1 amide bonds. The van der Waals surface area contributed by atoms with Crippen molar-refractivity contribution in [1.29, 1.82) is 0 Å². The maximum atomic E-state index is 12.0. The molecule has 0 bridgehead atoms. The van der Waals surface area contributed by atoms with Crippen LogP contribution in [0.15, 0.2) is 24.5 Å². The standard InChI is InChI=1S/C15H25N3O/c1-2-18(15(19)6-4-3-5-10-16)13-9-14-7-11-17-12-8-14/h7-8,11-12H,2-6,9-10,13,16H2,1H3. The summed E-state index contributed by atoms with van der Waals surface area (Å²) in [5.41, 5.74) is 6.67. The smallest absolute Gasteiger partial charge is 0.222 e. The molecule has 0 saturated heterocycles. The number of hydrogen-bond acceptors (Lipinski definition) is 3. The predicted molar refractivity (Wildman–Crippen MR) is 77.7 cm³/mol. The molecular formula is C15H25N3O. The zero-order valence-corrected chi connectivity index (χ0v) is 11.8. The highest BCUT2D eigenvalue weighted by atomic mass is 16.2. The molecule has 4 heteroatoms. The number of likely N-dealkylation sites (N-methyl/N-ethyl adjacent to an activating group) is 1. The van der Waals surface area contributed by atoms with Crippen LogP contribution in [0.4, 0.5) is 0 Å². The van der Waals surface area contributed by atoms with Gasteiger partial charge in [0.05, 0.1) is 0 Å². The molecule has 0 saturated carbocycles. The van der Waals surface area contributed by atoms with E-state index in [1.807, 2.05) is 24.0 Å². The van der Waals surface area contributed by atoms with Crippen LogP contribution in [0.2, 0.25) is 0 Å². The quantitative estimate of drug-likeness (QED) is 0.693. The summed E-state index contributed by atoms with van der Waals surface area (Å²) in [4.78, 5) is 18.0. The number of hydrogen-bond donors (Lipinski definition) is 1. The third-order valence-electron chi connectivity index (χ3n) is 3.25. The minimum Gasteiger partial charge on any atom is -0.343 e. The molecule has 0 radical (unpaired) electrons. The summed E-state index contributed by atoms with van der Waals surface area (Å²) >= 11 is 0. The Morgan fingerprint density at radius 1 is 1.26 bits per heavy atom. The second-order valence-corrected chi connectivity index (χ2v) is 4.68. The molecule has 0 unspecified atom stereocenters. The van der Waals surface area contributed by atoms with Crippen molar-refractivity contribution in [3.63, 3.8) is 0 Å². The Morgan fingerprint density at radius 2 is 2.00 bits per heavy atom. The molecule has 0 spiro atoms. The van der Waals surface area contributed by atoms with Gasteiger partial charge in [-0.3, -0.25) is 9.78 Å². The van der Waals surface area contributed by atoms with Gasteiger partial charge in [-0.2, -0.15) is 0 Å². The number of unbranched alkanes of at least 4 members (excludes halogenated alkanes) is 2. The van der Waals surface area contributed by atoms with Gasteiger partial charge in [0.15, 0.2) is 0 Å². The molecular weight excluding hydrogens is 238 g/mol. The fourth-order valence-electron chi connectivity index (χ4n) is 2.03. The lowest BCUT2D eigenvalue weighted by Crippen LogP contribution is -2.32. The summed E-state index contributed by atoms with van der Waals surface area (Å²) in [6.45, 7) is 4.31. The summed E-state index contributed by atoms with van der Waals surface area (Å²) in [6.07, 6.45) is 8.12. The Morgan fingerprint density at radius 3 is 2.63 bits per heavy atom. The third-order valence-corrected chi connectivity index (χ3v) is 3.25. The Bertz CT molecular complexity index is 354. The molecule has 0 aromatic carbocycles. The van der Waals surface area contributed by atoms with E-state index in [0.29, 0.717) is 13.0 Å². The Balaban J connectivity index is 2.30. The van der Waals surface area contributed by atoms with E-state index in [-0.39, 0.29) is 5.91 Å². The number of carbonyl (C=O) groups excluding carboxylic acids is 1. The van der Waals surface area contributed by atoms with Crippen molar-refractivity contribution < 1.29 is 4.79 Å². The molecule has 106 valence electrons. The molecule has 19 heavy (non-hydrogen) atoms. The average Bonchev–Trinajstić information content (AvgIpc) is 2.45. The van der Waals surface area contributed by atoms with Crippen LogP contribution in [0.25, 0.3) is 0 Å². The van der Waals surface area contributed by atoms with Crippen molar-refractivity contribution in [3.05, 3.63) is 30.1 Å². The van der Waals surface area contributed by atoms with Crippen molar-refractivity contribution in [1.82, 2.24) is 9.88 Å². The molecule has 0 aliphatic rings. The van der Waals surface area contributed by atoms with Crippen LogP contribution in [0.1, 0.15) is 38.2 Å². The van der Waals surface area contributed by atoms with Crippen molar-refractivity contribution >= 4 is 5.91 Å². The van der Waals surface area contributed by atoms with Crippen molar-refractivity contribution in [2.24, 2.45) is 5.73 Å². The minimum atomic E-state index is 0.258. The van der Waals surface area contributed by atoms with Gasteiger partial charge in [0.1, 0.15) is 0 Å². The van der Waals surface area contributed by atoms with E-state index in [1.165, 1.54) is 5.56 Å². The van der Waals surface area contributed by atoms with Crippen molar-refractivity contribution in [2.75, 3.05) is 19.6 Å². The second kappa shape index (κ2) is 9.50. The Labute approximate surface area is 116 Å². The van der Waals surface area contributed by atoms with Crippen molar-refractivity contribution in [3.8, 4) is 0 Å². The molecule has 0 aliphatic heterocycles. The summed E-state index contributed by atoms with van der Waals surface area (Å²) < 4.78 is 0. The number of nitrogens with zero attached hydrogens (tertiary/aromatic N) is 2. The lowest BCUT2D eigenvalue weighted by atomic mass is 10.1. The first-order valence-corrected chi connectivity index (χ1v) is 7.14. The molecule has 1 rings (SSSR count). The predicted octanol–water partition coefficient (Wildman–Crippen LogP) is 1.99. The largest absolute Gasteiger partial charge is 0.343 e. The van der Waals surface area contributed by atoms with Crippen LogP contribution >= 0.6 is 0 Å². The molecule has 0 atom stereocenters. The number of aromatic nitrogens is 1. The van der Waals surface area contributed by atoms with Gasteiger partial charge >= 0.3 is 0 Å². The lowest BCUT2D eigenvalue weighted by Gasteiger charge is -2.21. The highest BCUT2D eigenvalue weighted by Gasteiger charge is 2.10. The number of pyridine rings is 1. The molecule has 1 heterocycles. The van der Waals surface area contributed by atoms with Crippen LogP contribution in [-0.4, -0.2) is 35.4 Å². The first-order chi connectivity index (χ1) is 9.27. The number of nitrogens with two attached hydrogens (primary N) is 1. The highest BCUT2D eigenvalue weighted by Crippen LogP contribution is 2.05. The summed E-state index contributed by atoms with van der Waals surface area (Å²) in [7, 11) is 0. The molecule has 1 aromatic heterocycles. The topological polar surface area (TPSA) is 59.2 Å². The van der Waals surface area contributed by atoms with Gasteiger partial charge in [-0.1, -0.05) is 6.42 Å². The number of rotatable bonds is 9. The zero-order valence-electron chi connectivity index (χ0n) is 11.8. The Kier molecular flexibility index (Phi) is 7.82. The van der Waals surface area contributed by atoms with Gasteiger partial charge in [0, 0.05) is 31.9 Å². The van der Waals surface area contributed by atoms with E-state index >= 15 is 0 Å².